The van der Waals surface area contributed by atoms with Crippen LogP contribution in [0.5, 0.6) is 5.75 Å². The second-order valence-corrected chi connectivity index (χ2v) is 5.43. The zero-order chi connectivity index (χ0) is 13.2. The fourth-order valence-electron chi connectivity index (χ4n) is 1.74. The van der Waals surface area contributed by atoms with E-state index in [-0.39, 0.29) is 11.2 Å². The summed E-state index contributed by atoms with van der Waals surface area (Å²) in [6.45, 7) is 8.29. The predicted octanol–water partition coefficient (Wildman–Crippen LogP) is 2.89. The van der Waals surface area contributed by atoms with Crippen LogP contribution in [0.4, 0.5) is 0 Å². The molecule has 3 nitrogen and oxygen atoms in total. The molecule has 0 aliphatic rings. The summed E-state index contributed by atoms with van der Waals surface area (Å²) >= 11 is 0. The van der Waals surface area contributed by atoms with Crippen LogP contribution < -0.4 is 0 Å². The summed E-state index contributed by atoms with van der Waals surface area (Å²) in [4.78, 5) is 0. The van der Waals surface area contributed by atoms with Crippen molar-refractivity contribution in [3.05, 3.63) is 28.8 Å². The fraction of sp³-hybridized carbons (Fsp3) is 0.571. The highest BCUT2D eigenvalue weighted by atomic mass is 16.5. The van der Waals surface area contributed by atoms with E-state index in [0.717, 1.165) is 11.1 Å². The minimum Gasteiger partial charge on any atom is -0.507 e. The molecular formula is C14H22O3. The van der Waals surface area contributed by atoms with E-state index in [9.17, 15) is 10.2 Å². The molecule has 0 spiro atoms. The molecule has 1 unspecified atom stereocenters. The van der Waals surface area contributed by atoms with Crippen LogP contribution in [0.3, 0.4) is 0 Å². The summed E-state index contributed by atoms with van der Waals surface area (Å²) in [5.41, 5.74) is 2.33. The van der Waals surface area contributed by atoms with Gasteiger partial charge in [-0.25, -0.2) is 0 Å². The smallest absolute Gasteiger partial charge is 0.126 e. The molecule has 0 amide bonds. The van der Waals surface area contributed by atoms with Gasteiger partial charge in [0, 0.05) is 18.2 Å². The molecule has 0 aromatic heterocycles. The van der Waals surface area contributed by atoms with Gasteiger partial charge in [-0.1, -0.05) is 20.8 Å². The zero-order valence-electron chi connectivity index (χ0n) is 11.2. The van der Waals surface area contributed by atoms with Crippen LogP contribution in [0.2, 0.25) is 0 Å². The molecule has 1 aromatic carbocycles. The molecule has 1 rings (SSSR count). The van der Waals surface area contributed by atoms with Crippen LogP contribution in [0.25, 0.3) is 0 Å². The van der Waals surface area contributed by atoms with Crippen LogP contribution in [-0.4, -0.2) is 17.3 Å². The minimum absolute atomic E-state index is 0.0279. The molecule has 3 heteroatoms. The molecule has 0 bridgehead atoms. The standard InChI is InChI=1S/C14H22O3/c1-9(15)12-7-11(14(2,3)4)6-10(8-17-5)13(12)16/h6-7,9,15-16H,8H2,1-5H3. The Balaban J connectivity index is 3.36. The van der Waals surface area contributed by atoms with Crippen LogP contribution in [-0.2, 0) is 16.8 Å². The van der Waals surface area contributed by atoms with Gasteiger partial charge >= 0.3 is 0 Å². The van der Waals surface area contributed by atoms with Crippen LogP contribution in [0, 0.1) is 0 Å². The molecule has 2 N–H and O–H groups in total. The highest BCUT2D eigenvalue weighted by Crippen LogP contribution is 2.34. The Hall–Kier alpha value is -1.06. The highest BCUT2D eigenvalue weighted by Gasteiger charge is 2.20. The lowest BCUT2D eigenvalue weighted by Crippen LogP contribution is -2.13. The minimum atomic E-state index is -0.687. The molecular weight excluding hydrogens is 216 g/mol. The maximum Gasteiger partial charge on any atom is 0.126 e. The van der Waals surface area contributed by atoms with Crippen LogP contribution in [0.1, 0.15) is 50.5 Å². The summed E-state index contributed by atoms with van der Waals surface area (Å²) in [5, 5.41) is 19.7. The third-order valence-electron chi connectivity index (χ3n) is 2.83. The second kappa shape index (κ2) is 5.07. The maximum atomic E-state index is 10.0. The van der Waals surface area contributed by atoms with Crippen molar-refractivity contribution in [2.75, 3.05) is 7.11 Å². The van der Waals surface area contributed by atoms with E-state index in [1.807, 2.05) is 12.1 Å². The number of hydrogen-bond donors (Lipinski definition) is 2. The Bertz CT molecular complexity index is 389. The second-order valence-electron chi connectivity index (χ2n) is 5.43. The SMILES string of the molecule is COCc1cc(C(C)(C)C)cc(C(C)O)c1O. The number of benzene rings is 1. The van der Waals surface area contributed by atoms with Gasteiger partial charge < -0.3 is 14.9 Å². The molecule has 1 aromatic rings. The Morgan fingerprint density at radius 2 is 1.88 bits per heavy atom. The first-order valence-corrected chi connectivity index (χ1v) is 5.80. The summed E-state index contributed by atoms with van der Waals surface area (Å²) in [5.74, 6) is 0.134. The van der Waals surface area contributed by atoms with Crippen molar-refractivity contribution < 1.29 is 14.9 Å². The van der Waals surface area contributed by atoms with E-state index in [0.29, 0.717) is 12.2 Å². The molecule has 96 valence electrons. The average molecular weight is 238 g/mol. The van der Waals surface area contributed by atoms with Crippen molar-refractivity contribution in [3.8, 4) is 5.75 Å². The molecule has 1 atom stereocenters. The first-order chi connectivity index (χ1) is 7.77. The number of methoxy groups -OCH3 is 1. The van der Waals surface area contributed by atoms with Crippen LogP contribution in [0.15, 0.2) is 12.1 Å². The normalized spacial score (nSPS) is 13.8. The van der Waals surface area contributed by atoms with Crippen molar-refractivity contribution in [2.45, 2.75) is 45.8 Å². The van der Waals surface area contributed by atoms with Gasteiger partial charge in [-0.2, -0.15) is 0 Å². The van der Waals surface area contributed by atoms with E-state index in [4.69, 9.17) is 4.74 Å². The molecule has 0 heterocycles. The first kappa shape index (κ1) is 14.0. The maximum absolute atomic E-state index is 10.0. The van der Waals surface area contributed by atoms with E-state index < -0.39 is 6.10 Å². The van der Waals surface area contributed by atoms with Crippen molar-refractivity contribution in [1.82, 2.24) is 0 Å². The van der Waals surface area contributed by atoms with Crippen molar-refractivity contribution in [2.24, 2.45) is 0 Å². The van der Waals surface area contributed by atoms with Gasteiger partial charge in [-0.05, 0) is 30.0 Å². The van der Waals surface area contributed by atoms with Gasteiger partial charge in [-0.3, -0.25) is 0 Å². The van der Waals surface area contributed by atoms with Gasteiger partial charge in [-0.15, -0.1) is 0 Å². The number of phenolic OH excluding ortho intramolecular Hbond substituents is 1. The number of rotatable bonds is 3. The van der Waals surface area contributed by atoms with Crippen molar-refractivity contribution in [3.63, 3.8) is 0 Å². The lowest BCUT2D eigenvalue weighted by molar-refractivity contribution is 0.177. The van der Waals surface area contributed by atoms with E-state index >= 15 is 0 Å². The first-order valence-electron chi connectivity index (χ1n) is 5.80. The Kier molecular flexibility index (Phi) is 4.17. The monoisotopic (exact) mass is 238 g/mol. The topological polar surface area (TPSA) is 49.7 Å². The quantitative estimate of drug-likeness (QED) is 0.851. The third-order valence-corrected chi connectivity index (χ3v) is 2.83. The molecule has 0 radical (unpaired) electrons. The summed E-state index contributed by atoms with van der Waals surface area (Å²) in [6, 6.07) is 3.80. The number of aromatic hydroxyl groups is 1. The number of aliphatic hydroxyl groups is 1. The Labute approximate surface area is 103 Å². The largest absolute Gasteiger partial charge is 0.507 e. The lowest BCUT2D eigenvalue weighted by Gasteiger charge is -2.23. The van der Waals surface area contributed by atoms with Gasteiger partial charge in [0.25, 0.3) is 0 Å². The van der Waals surface area contributed by atoms with Gasteiger partial charge in [0.1, 0.15) is 5.75 Å². The fourth-order valence-corrected chi connectivity index (χ4v) is 1.74. The van der Waals surface area contributed by atoms with Gasteiger partial charge in [0.05, 0.1) is 12.7 Å². The number of ether oxygens (including phenoxy) is 1. The van der Waals surface area contributed by atoms with Gasteiger partial charge in [0.15, 0.2) is 0 Å². The Morgan fingerprint density at radius 3 is 2.29 bits per heavy atom. The van der Waals surface area contributed by atoms with Crippen molar-refractivity contribution in [1.29, 1.82) is 0 Å². The number of aliphatic hydroxyl groups excluding tert-OH is 1. The average Bonchev–Trinajstić information content (AvgIpc) is 2.19. The summed E-state index contributed by atoms with van der Waals surface area (Å²) in [7, 11) is 1.59. The van der Waals surface area contributed by atoms with Gasteiger partial charge in [0.2, 0.25) is 0 Å². The molecule has 0 saturated carbocycles. The molecule has 0 aliphatic heterocycles. The zero-order valence-corrected chi connectivity index (χ0v) is 11.2. The molecule has 0 aliphatic carbocycles. The highest BCUT2D eigenvalue weighted by molar-refractivity contribution is 5.46. The Morgan fingerprint density at radius 1 is 1.29 bits per heavy atom. The van der Waals surface area contributed by atoms with E-state index in [1.165, 1.54) is 0 Å². The van der Waals surface area contributed by atoms with E-state index in [2.05, 4.69) is 20.8 Å². The summed E-state index contributed by atoms with van der Waals surface area (Å²) < 4.78 is 5.07. The summed E-state index contributed by atoms with van der Waals surface area (Å²) in [6.07, 6.45) is -0.687. The predicted molar refractivity (Wildman–Crippen MR) is 68.2 cm³/mol. The molecule has 0 saturated heterocycles. The number of hydrogen-bond acceptors (Lipinski definition) is 3. The lowest BCUT2D eigenvalue weighted by atomic mass is 9.84. The van der Waals surface area contributed by atoms with E-state index in [1.54, 1.807) is 14.0 Å². The number of phenols is 1. The molecule has 17 heavy (non-hydrogen) atoms. The van der Waals surface area contributed by atoms with Crippen LogP contribution >= 0.6 is 0 Å². The third kappa shape index (κ3) is 3.20. The molecule has 0 fully saturated rings. The van der Waals surface area contributed by atoms with Crippen molar-refractivity contribution >= 4 is 0 Å².